The average molecular weight is 472 g/mol. The van der Waals surface area contributed by atoms with E-state index in [0.717, 1.165) is 31.3 Å². The van der Waals surface area contributed by atoms with Crippen LogP contribution in [0.5, 0.6) is 0 Å². The van der Waals surface area contributed by atoms with Crippen LogP contribution in [0.3, 0.4) is 0 Å². The van der Waals surface area contributed by atoms with Gasteiger partial charge in [0.25, 0.3) is 5.91 Å². The fraction of sp³-hybridized carbons (Fsp3) is 0.667. The molecule has 0 radical (unpaired) electrons. The fourth-order valence-corrected chi connectivity index (χ4v) is 3.34. The monoisotopic (exact) mass is 471 g/mol. The summed E-state index contributed by atoms with van der Waals surface area (Å²) in [5, 5.41) is 0. The number of hydroxylamine groups is 1. The second-order valence-electron chi connectivity index (χ2n) is 9.40. The van der Waals surface area contributed by atoms with Crippen LogP contribution in [-0.2, 0) is 28.3 Å². The Kier molecular flexibility index (Phi) is 14.4. The van der Waals surface area contributed by atoms with Crippen LogP contribution in [0.1, 0.15) is 74.1 Å². The van der Waals surface area contributed by atoms with Gasteiger partial charge in [0, 0.05) is 6.66 Å². The van der Waals surface area contributed by atoms with E-state index in [9.17, 15) is 14.2 Å². The lowest BCUT2D eigenvalue weighted by Crippen LogP contribution is -2.27. The van der Waals surface area contributed by atoms with E-state index in [1.807, 2.05) is 13.0 Å². The highest BCUT2D eigenvalue weighted by Gasteiger charge is 2.25. The SMILES string of the molecule is CC(C)=CCC/C(C)=C/CC/C(C)=C/CONC(=O)CP(C)(=O)OCOC(=O)C(C)(C)C. The minimum Gasteiger partial charge on any atom is -0.438 e. The first-order valence-corrected chi connectivity index (χ1v) is 13.2. The van der Waals surface area contributed by atoms with Gasteiger partial charge in [0.15, 0.2) is 6.79 Å². The third-order valence-corrected chi connectivity index (χ3v) is 5.90. The molecule has 1 unspecified atom stereocenters. The van der Waals surface area contributed by atoms with E-state index >= 15 is 0 Å². The molecule has 0 aliphatic rings. The molecule has 8 heteroatoms. The maximum absolute atomic E-state index is 12.3. The molecule has 7 nitrogen and oxygen atoms in total. The molecule has 1 N–H and O–H groups in total. The van der Waals surface area contributed by atoms with Crippen LogP contribution >= 0.6 is 7.37 Å². The smallest absolute Gasteiger partial charge is 0.313 e. The summed E-state index contributed by atoms with van der Waals surface area (Å²) in [7, 11) is -3.26. The fourth-order valence-electron chi connectivity index (χ4n) is 2.39. The zero-order valence-corrected chi connectivity index (χ0v) is 22.0. The van der Waals surface area contributed by atoms with Crippen molar-refractivity contribution in [3.63, 3.8) is 0 Å². The van der Waals surface area contributed by atoms with Crippen molar-refractivity contribution >= 4 is 19.2 Å². The Morgan fingerprint density at radius 1 is 0.938 bits per heavy atom. The number of rotatable bonds is 14. The highest BCUT2D eigenvalue weighted by atomic mass is 31.2. The zero-order chi connectivity index (χ0) is 24.8. The number of carbonyl (C=O) groups excluding carboxylic acids is 2. The Labute approximate surface area is 194 Å². The van der Waals surface area contributed by atoms with Crippen molar-refractivity contribution in [3.8, 4) is 0 Å². The maximum Gasteiger partial charge on any atom is 0.313 e. The number of ether oxygens (including phenoxy) is 1. The molecular weight excluding hydrogens is 429 g/mol. The van der Waals surface area contributed by atoms with E-state index in [0.29, 0.717) is 0 Å². The summed E-state index contributed by atoms with van der Waals surface area (Å²) in [4.78, 5) is 28.7. The number of carbonyl (C=O) groups is 2. The molecule has 32 heavy (non-hydrogen) atoms. The van der Waals surface area contributed by atoms with E-state index in [1.54, 1.807) is 20.8 Å². The van der Waals surface area contributed by atoms with Gasteiger partial charge in [0.1, 0.15) is 6.16 Å². The molecule has 0 spiro atoms. The van der Waals surface area contributed by atoms with Crippen molar-refractivity contribution in [3.05, 3.63) is 34.9 Å². The van der Waals surface area contributed by atoms with Crippen molar-refractivity contribution in [2.45, 2.75) is 74.1 Å². The summed E-state index contributed by atoms with van der Waals surface area (Å²) >= 11 is 0. The minimum absolute atomic E-state index is 0.221. The van der Waals surface area contributed by atoms with Crippen molar-refractivity contribution < 1.29 is 28.3 Å². The van der Waals surface area contributed by atoms with E-state index in [-0.39, 0.29) is 12.8 Å². The Hall–Kier alpha value is -1.69. The quantitative estimate of drug-likeness (QED) is 0.0844. The molecule has 0 saturated carbocycles. The molecule has 0 bridgehead atoms. The van der Waals surface area contributed by atoms with E-state index in [1.165, 1.54) is 17.8 Å². The van der Waals surface area contributed by atoms with E-state index in [2.05, 4.69) is 38.4 Å². The van der Waals surface area contributed by atoms with Crippen LogP contribution in [0.15, 0.2) is 34.9 Å². The van der Waals surface area contributed by atoms with Crippen LogP contribution in [0, 0.1) is 5.41 Å². The normalized spacial score (nSPS) is 14.5. The topological polar surface area (TPSA) is 90.9 Å². The predicted octanol–water partition coefficient (Wildman–Crippen LogP) is 5.92. The number of esters is 1. The van der Waals surface area contributed by atoms with Gasteiger partial charge in [-0.15, -0.1) is 0 Å². The first-order valence-electron chi connectivity index (χ1n) is 11.0. The Morgan fingerprint density at radius 3 is 2.06 bits per heavy atom. The Bertz CT molecular complexity index is 742. The molecule has 0 aromatic rings. The molecule has 0 aromatic carbocycles. The number of hydrogen-bond acceptors (Lipinski definition) is 6. The lowest BCUT2D eigenvalue weighted by atomic mass is 9.98. The largest absolute Gasteiger partial charge is 0.438 e. The predicted molar refractivity (Wildman–Crippen MR) is 129 cm³/mol. The van der Waals surface area contributed by atoms with Gasteiger partial charge in [0.05, 0.1) is 12.0 Å². The molecule has 1 amide bonds. The first-order chi connectivity index (χ1) is 14.7. The van der Waals surface area contributed by atoms with Gasteiger partial charge in [-0.2, -0.15) is 0 Å². The molecule has 0 saturated heterocycles. The average Bonchev–Trinajstić information content (AvgIpc) is 2.63. The lowest BCUT2D eigenvalue weighted by molar-refractivity contribution is -0.159. The minimum atomic E-state index is -3.26. The second kappa shape index (κ2) is 15.2. The van der Waals surface area contributed by atoms with Gasteiger partial charge in [-0.05, 0) is 74.1 Å². The van der Waals surface area contributed by atoms with Crippen molar-refractivity contribution in [1.82, 2.24) is 5.48 Å². The van der Waals surface area contributed by atoms with Crippen LogP contribution in [0.4, 0.5) is 0 Å². The Morgan fingerprint density at radius 2 is 1.50 bits per heavy atom. The molecule has 0 rings (SSSR count). The summed E-state index contributed by atoms with van der Waals surface area (Å²) in [6.45, 7) is 14.6. The summed E-state index contributed by atoms with van der Waals surface area (Å²) in [5.41, 5.74) is 5.48. The van der Waals surface area contributed by atoms with Gasteiger partial charge in [-0.1, -0.05) is 34.9 Å². The lowest BCUT2D eigenvalue weighted by Gasteiger charge is -2.18. The summed E-state index contributed by atoms with van der Waals surface area (Å²) in [6, 6.07) is 0. The molecule has 0 fully saturated rings. The Balaban J connectivity index is 4.13. The van der Waals surface area contributed by atoms with Crippen molar-refractivity contribution in [2.24, 2.45) is 5.41 Å². The number of amides is 1. The van der Waals surface area contributed by atoms with Crippen LogP contribution in [-0.4, -0.2) is 38.1 Å². The first kappa shape index (κ1) is 30.3. The molecule has 0 aliphatic heterocycles. The van der Waals surface area contributed by atoms with E-state index in [4.69, 9.17) is 14.1 Å². The highest BCUT2D eigenvalue weighted by Crippen LogP contribution is 2.41. The van der Waals surface area contributed by atoms with Crippen LogP contribution < -0.4 is 5.48 Å². The van der Waals surface area contributed by atoms with E-state index < -0.39 is 31.5 Å². The van der Waals surface area contributed by atoms with Gasteiger partial charge < -0.3 is 4.74 Å². The highest BCUT2D eigenvalue weighted by molar-refractivity contribution is 7.59. The standard InChI is InChI=1S/C24H42NO6P/c1-19(2)11-9-12-20(3)13-10-14-21(4)15-16-30-25-22(26)17-32(8,28)31-18-29-23(27)24(5,6)7/h11,13,15H,9-10,12,14,16-18H2,1-8H3,(H,25,26)/b20-13+,21-15+. The van der Waals surface area contributed by atoms with Crippen molar-refractivity contribution in [1.29, 1.82) is 0 Å². The molecule has 0 aliphatic carbocycles. The summed E-state index contributed by atoms with van der Waals surface area (Å²) in [5.74, 6) is -1.03. The van der Waals surface area contributed by atoms with Crippen molar-refractivity contribution in [2.75, 3.05) is 26.2 Å². The number of allylic oxidation sites excluding steroid dienone is 5. The van der Waals surface area contributed by atoms with Gasteiger partial charge >= 0.3 is 5.97 Å². The maximum atomic E-state index is 12.3. The molecular formula is C24H42NO6P. The molecule has 1 atom stereocenters. The third kappa shape index (κ3) is 16.9. The number of hydrogen-bond donors (Lipinski definition) is 1. The number of nitrogens with one attached hydrogen (secondary N) is 1. The molecule has 184 valence electrons. The van der Waals surface area contributed by atoms with Crippen LogP contribution in [0.2, 0.25) is 0 Å². The van der Waals surface area contributed by atoms with Gasteiger partial charge in [0.2, 0.25) is 7.37 Å². The molecule has 0 aromatic heterocycles. The summed E-state index contributed by atoms with van der Waals surface area (Å²) < 4.78 is 22.3. The molecule has 0 heterocycles. The second-order valence-corrected chi connectivity index (χ2v) is 12.0. The van der Waals surface area contributed by atoms with Gasteiger partial charge in [-0.3, -0.25) is 23.5 Å². The van der Waals surface area contributed by atoms with Crippen LogP contribution in [0.25, 0.3) is 0 Å². The van der Waals surface area contributed by atoms with Gasteiger partial charge in [-0.25, -0.2) is 5.48 Å². The summed E-state index contributed by atoms with van der Waals surface area (Å²) in [6.07, 6.45) is 10.1. The zero-order valence-electron chi connectivity index (χ0n) is 21.1. The third-order valence-electron chi connectivity index (χ3n) is 4.38.